The lowest BCUT2D eigenvalue weighted by atomic mass is 9.68. The van der Waals surface area contributed by atoms with E-state index in [2.05, 4.69) is 34.1 Å². The van der Waals surface area contributed by atoms with Gasteiger partial charge in [0, 0.05) is 64.3 Å². The van der Waals surface area contributed by atoms with E-state index in [1.165, 1.54) is 36.5 Å². The van der Waals surface area contributed by atoms with Gasteiger partial charge in [-0.1, -0.05) is 35.9 Å². The van der Waals surface area contributed by atoms with Crippen LogP contribution in [0.2, 0.25) is 5.02 Å². The number of rotatable bonds is 7. The number of aliphatic hydroxyl groups is 1. The Morgan fingerprint density at radius 2 is 1.93 bits per heavy atom. The summed E-state index contributed by atoms with van der Waals surface area (Å²) in [6.07, 6.45) is 10.0. The van der Waals surface area contributed by atoms with Gasteiger partial charge in [-0.15, -0.1) is 0 Å². The van der Waals surface area contributed by atoms with Crippen molar-refractivity contribution in [2.45, 2.75) is 74.0 Å². The number of likely N-dealkylation sites (tertiary alicyclic amines) is 1. The highest BCUT2D eigenvalue weighted by Gasteiger charge is 2.51. The third kappa shape index (κ3) is 7.71. The Hall–Kier alpha value is -3.24. The Bertz CT molecular complexity index is 2010. The van der Waals surface area contributed by atoms with Crippen LogP contribution in [0.25, 0.3) is 0 Å². The summed E-state index contributed by atoms with van der Waals surface area (Å²) in [6.45, 7) is 6.19. The quantitative estimate of drug-likeness (QED) is 0.398. The fourth-order valence-corrected chi connectivity index (χ4v) is 10.5. The van der Waals surface area contributed by atoms with Crippen LogP contribution < -0.4 is 14.4 Å². The fraction of sp³-hybridized carbons (Fsp3) is 0.619. The Labute approximate surface area is 341 Å². The number of nitrogens with one attached hydrogen (secondary N) is 1. The highest BCUT2D eigenvalue weighted by Crippen LogP contribution is 2.48. The third-order valence-corrected chi connectivity index (χ3v) is 15.3. The molecule has 2 N–H and O–H groups in total. The molecule has 0 unspecified atom stereocenters. The van der Waals surface area contributed by atoms with Crippen LogP contribution in [0.4, 0.5) is 5.69 Å². The second kappa shape index (κ2) is 15.7. The molecule has 13 nitrogen and oxygen atoms in total. The Kier molecular flexibility index (Phi) is 11.2. The molecule has 8 rings (SSSR count). The molecule has 3 fully saturated rings. The van der Waals surface area contributed by atoms with Gasteiger partial charge in [-0.2, -0.15) is 12.7 Å². The molecule has 0 aromatic heterocycles. The largest absolute Gasteiger partial charge is 0.490 e. The molecule has 2 aliphatic carbocycles. The molecule has 15 heteroatoms. The smallest absolute Gasteiger partial charge is 0.303 e. The number of fused-ring (bicyclic) bond motifs is 4. The summed E-state index contributed by atoms with van der Waals surface area (Å²) in [7, 11) is -0.108. The van der Waals surface area contributed by atoms with E-state index in [1.54, 1.807) is 25.2 Å². The highest BCUT2D eigenvalue weighted by molar-refractivity contribution is 7.87. The standard InChI is InChI=1S/C42H56ClN5O8S/c1-45(2)57(52,53)44-39(50)42(51)23-38(49)46(3)17-5-4-8-36(55-20-19-48-18-16-41(48)27-54-28-41)33-12-9-30(33)24-47-25-40(26-56-37-14-10-31(42)22-35(37)47)15-6-7-29-21-32(43)11-13-34(29)40/h4,8,10-11,13-14,21-22,30,33,36,51H,5-7,9,12,15-20,23-28H2,1-3H3,(H,44,50)/b8-4+/t30-,33+,36-,40-,42+/m0/s1. The molecule has 4 aliphatic heterocycles. The number of amides is 2. The van der Waals surface area contributed by atoms with Crippen molar-refractivity contribution in [1.29, 1.82) is 0 Å². The van der Waals surface area contributed by atoms with Crippen LogP contribution in [0.1, 0.15) is 61.6 Å². The van der Waals surface area contributed by atoms with Gasteiger partial charge >= 0.3 is 10.2 Å². The SMILES string of the molecule is CN1CC/C=C/[C@H](OCCN2CCC23COC3)[C@@H]2CC[C@H]2CN2C[C@@]3(CCCc4cc(Cl)ccc43)COc3ccc(cc32)[C@@](O)(C(=O)NS(=O)(=O)N(C)C)CC1=O. The lowest BCUT2D eigenvalue weighted by Crippen LogP contribution is -2.71. The van der Waals surface area contributed by atoms with Crippen molar-refractivity contribution >= 4 is 39.3 Å². The predicted molar refractivity (Wildman–Crippen MR) is 217 cm³/mol. The zero-order chi connectivity index (χ0) is 40.2. The first-order valence-electron chi connectivity index (χ1n) is 20.4. The second-order valence-electron chi connectivity index (χ2n) is 17.4. The van der Waals surface area contributed by atoms with Crippen molar-refractivity contribution in [1.82, 2.24) is 18.8 Å². The summed E-state index contributed by atoms with van der Waals surface area (Å²) >= 11 is 6.51. The predicted octanol–water partition coefficient (Wildman–Crippen LogP) is 3.62. The van der Waals surface area contributed by atoms with Crippen LogP contribution in [-0.2, 0) is 46.7 Å². The number of anilines is 1. The van der Waals surface area contributed by atoms with E-state index in [9.17, 15) is 23.1 Å². The van der Waals surface area contributed by atoms with E-state index in [4.69, 9.17) is 25.8 Å². The van der Waals surface area contributed by atoms with Crippen molar-refractivity contribution in [3.63, 3.8) is 0 Å². The van der Waals surface area contributed by atoms with Gasteiger partial charge in [0.15, 0.2) is 5.60 Å². The Balaban J connectivity index is 1.16. The molecular weight excluding hydrogens is 770 g/mol. The molecule has 2 aromatic carbocycles. The van der Waals surface area contributed by atoms with E-state index >= 15 is 0 Å². The van der Waals surface area contributed by atoms with Gasteiger partial charge < -0.3 is 29.1 Å². The minimum absolute atomic E-state index is 0.0968. The maximum Gasteiger partial charge on any atom is 0.303 e. The van der Waals surface area contributed by atoms with Crippen LogP contribution >= 0.6 is 11.6 Å². The second-order valence-corrected chi connectivity index (χ2v) is 19.7. The molecule has 57 heavy (non-hydrogen) atoms. The summed E-state index contributed by atoms with van der Waals surface area (Å²) in [6, 6.07) is 11.2. The average molecular weight is 826 g/mol. The number of hydrogen-bond donors (Lipinski definition) is 2. The first kappa shape index (κ1) is 40.5. The molecule has 4 heterocycles. The average Bonchev–Trinajstić information content (AvgIpc) is 3.28. The van der Waals surface area contributed by atoms with Crippen molar-refractivity contribution < 1.29 is 37.3 Å². The van der Waals surface area contributed by atoms with Crippen LogP contribution in [0.15, 0.2) is 48.6 Å². The normalized spacial score (nSPS) is 30.6. The van der Waals surface area contributed by atoms with Crippen molar-refractivity contribution in [3.8, 4) is 5.75 Å². The van der Waals surface area contributed by atoms with E-state index in [0.29, 0.717) is 55.7 Å². The van der Waals surface area contributed by atoms with Gasteiger partial charge in [0.05, 0.1) is 50.2 Å². The van der Waals surface area contributed by atoms with Crippen molar-refractivity contribution in [2.24, 2.45) is 11.8 Å². The molecule has 2 spiro atoms. The van der Waals surface area contributed by atoms with E-state index in [-0.39, 0.29) is 34.5 Å². The van der Waals surface area contributed by atoms with Gasteiger partial charge in [-0.25, -0.2) is 4.72 Å². The topological polar surface area (TPSA) is 141 Å². The summed E-state index contributed by atoms with van der Waals surface area (Å²) in [5.41, 5.74) is 0.539. The first-order chi connectivity index (χ1) is 27.2. The highest BCUT2D eigenvalue weighted by atomic mass is 35.5. The number of ether oxygens (including phenoxy) is 3. The molecule has 2 amide bonds. The van der Waals surface area contributed by atoms with Crippen molar-refractivity contribution in [2.75, 3.05) is 85.2 Å². The maximum atomic E-state index is 14.0. The van der Waals surface area contributed by atoms with E-state index < -0.39 is 34.0 Å². The Morgan fingerprint density at radius 3 is 2.63 bits per heavy atom. The zero-order valence-electron chi connectivity index (χ0n) is 33.3. The molecule has 0 radical (unpaired) electrons. The van der Waals surface area contributed by atoms with Crippen LogP contribution in [-0.4, -0.2) is 131 Å². The summed E-state index contributed by atoms with van der Waals surface area (Å²) in [5, 5.41) is 13.1. The summed E-state index contributed by atoms with van der Waals surface area (Å²) in [4.78, 5) is 34.1. The molecule has 1 saturated carbocycles. The van der Waals surface area contributed by atoms with Gasteiger partial charge in [0.25, 0.3) is 5.91 Å². The number of hydrogen-bond acceptors (Lipinski definition) is 10. The molecule has 2 aromatic rings. The van der Waals surface area contributed by atoms with Crippen LogP contribution in [0, 0.1) is 11.8 Å². The number of halogens is 1. The molecular formula is C42H56ClN5O8S. The third-order valence-electron chi connectivity index (χ3n) is 13.7. The molecule has 5 atom stereocenters. The molecule has 2 bridgehead atoms. The van der Waals surface area contributed by atoms with Crippen LogP contribution in [0.5, 0.6) is 5.75 Å². The summed E-state index contributed by atoms with van der Waals surface area (Å²) in [5.74, 6) is -0.585. The van der Waals surface area contributed by atoms with E-state index in [0.717, 1.165) is 62.7 Å². The number of carbonyl (C=O) groups is 2. The molecule has 310 valence electrons. The molecule has 6 aliphatic rings. The number of aryl methyl sites for hydroxylation is 1. The minimum Gasteiger partial charge on any atom is -0.490 e. The number of carbonyl (C=O) groups excluding carboxylic acids is 2. The van der Waals surface area contributed by atoms with Gasteiger partial charge in [0.1, 0.15) is 5.75 Å². The van der Waals surface area contributed by atoms with Gasteiger partial charge in [-0.3, -0.25) is 14.5 Å². The Morgan fingerprint density at radius 1 is 1.11 bits per heavy atom. The molecule has 2 saturated heterocycles. The lowest BCUT2D eigenvalue weighted by molar-refractivity contribution is -0.197. The van der Waals surface area contributed by atoms with E-state index in [1.807, 2.05) is 10.8 Å². The monoisotopic (exact) mass is 825 g/mol. The van der Waals surface area contributed by atoms with Gasteiger partial charge in [-0.05, 0) is 97.7 Å². The maximum absolute atomic E-state index is 14.0. The number of nitrogens with zero attached hydrogens (tertiary/aromatic N) is 4. The fourth-order valence-electron chi connectivity index (χ4n) is 9.71. The lowest BCUT2D eigenvalue weighted by Gasteiger charge is -2.57. The minimum atomic E-state index is -4.30. The first-order valence-corrected chi connectivity index (χ1v) is 22.2. The van der Waals surface area contributed by atoms with Crippen LogP contribution in [0.3, 0.4) is 0 Å². The number of benzene rings is 2. The summed E-state index contributed by atoms with van der Waals surface area (Å²) < 4.78 is 47.7. The van der Waals surface area contributed by atoms with Crippen molar-refractivity contribution in [3.05, 3.63) is 70.3 Å². The zero-order valence-corrected chi connectivity index (χ0v) is 34.8. The van der Waals surface area contributed by atoms with Gasteiger partial charge in [0.2, 0.25) is 5.91 Å².